The highest BCUT2D eigenvalue weighted by Gasteiger charge is 2.20. The molecular weight excluding hydrogens is 672 g/mol. The number of benzene rings is 4. The Kier molecular flexibility index (Phi) is 11.6. The van der Waals surface area contributed by atoms with E-state index in [0.29, 0.717) is 73.0 Å². The van der Waals surface area contributed by atoms with Crippen LogP contribution < -0.4 is 14.2 Å². The van der Waals surface area contributed by atoms with Gasteiger partial charge in [0.05, 0.1) is 11.2 Å². The molecule has 0 bridgehead atoms. The zero-order chi connectivity index (χ0) is 35.7. The quantitative estimate of drug-likeness (QED) is 0.121. The third-order valence-corrected chi connectivity index (χ3v) is 8.81. The van der Waals surface area contributed by atoms with Gasteiger partial charge in [-0.3, -0.25) is 9.69 Å². The highest BCUT2D eigenvalue weighted by molar-refractivity contribution is 6.32. The molecule has 0 atom stereocenters. The lowest BCUT2D eigenvalue weighted by molar-refractivity contribution is -0.127. The summed E-state index contributed by atoms with van der Waals surface area (Å²) in [5.41, 5.74) is 5.11. The lowest BCUT2D eigenvalue weighted by Gasteiger charge is -2.34. The molecule has 0 radical (unpaired) electrons. The van der Waals surface area contributed by atoms with Crippen LogP contribution in [0.1, 0.15) is 33.4 Å². The van der Waals surface area contributed by atoms with Gasteiger partial charge in [0.25, 0.3) is 0 Å². The molecule has 1 saturated heterocycles. The van der Waals surface area contributed by atoms with E-state index in [0.717, 1.165) is 22.3 Å². The molecule has 0 spiro atoms. The lowest BCUT2D eigenvalue weighted by Crippen LogP contribution is -2.47. The van der Waals surface area contributed by atoms with E-state index in [1.54, 1.807) is 47.5 Å². The van der Waals surface area contributed by atoms with E-state index < -0.39 is 0 Å². The summed E-state index contributed by atoms with van der Waals surface area (Å²) in [7, 11) is 0. The Balaban J connectivity index is 0.958. The van der Waals surface area contributed by atoms with Gasteiger partial charge < -0.3 is 19.1 Å². The third kappa shape index (κ3) is 9.93. The second-order valence-electron chi connectivity index (χ2n) is 12.5. The molecule has 5 aromatic rings. The maximum Gasteiger partial charge on any atom is 0.246 e. The second kappa shape index (κ2) is 16.6. The average molecular weight is 710 g/mol. The van der Waals surface area contributed by atoms with Crippen LogP contribution in [0.25, 0.3) is 6.08 Å². The summed E-state index contributed by atoms with van der Waals surface area (Å²) >= 11 is 6.60. The molecule has 262 valence electrons. The molecule has 0 aliphatic carbocycles. The van der Waals surface area contributed by atoms with Crippen molar-refractivity contribution in [2.24, 2.45) is 0 Å². The van der Waals surface area contributed by atoms with Crippen LogP contribution in [0.3, 0.4) is 0 Å². The molecule has 10 heteroatoms. The van der Waals surface area contributed by atoms with Crippen molar-refractivity contribution in [2.75, 3.05) is 26.2 Å². The molecule has 0 N–H and O–H groups in total. The average Bonchev–Trinajstić information content (AvgIpc) is 3.13. The van der Waals surface area contributed by atoms with E-state index in [1.807, 2.05) is 50.2 Å². The number of hydrogen-bond donors (Lipinski definition) is 0. The van der Waals surface area contributed by atoms with Crippen LogP contribution in [0.5, 0.6) is 23.1 Å². The molecule has 4 aromatic carbocycles. The van der Waals surface area contributed by atoms with Crippen molar-refractivity contribution < 1.29 is 27.8 Å². The van der Waals surface area contributed by atoms with Crippen LogP contribution >= 0.6 is 11.6 Å². The molecule has 1 amide bonds. The Bertz CT molecular complexity index is 1960. The summed E-state index contributed by atoms with van der Waals surface area (Å²) in [6.45, 7) is 7.46. The minimum Gasteiger partial charge on any atom is -0.489 e. The first-order chi connectivity index (χ1) is 24.7. The van der Waals surface area contributed by atoms with Gasteiger partial charge in [0.1, 0.15) is 36.3 Å². The smallest absolute Gasteiger partial charge is 0.246 e. The number of ether oxygens (including phenoxy) is 3. The highest BCUT2D eigenvalue weighted by Crippen LogP contribution is 2.34. The fourth-order valence-corrected chi connectivity index (χ4v) is 5.92. The van der Waals surface area contributed by atoms with Crippen molar-refractivity contribution in [3.63, 3.8) is 0 Å². The molecular formula is C41H38ClF2N3O4. The first-order valence-electron chi connectivity index (χ1n) is 16.7. The van der Waals surface area contributed by atoms with Crippen molar-refractivity contribution in [3.8, 4) is 23.1 Å². The Morgan fingerprint density at radius 2 is 1.53 bits per heavy atom. The van der Waals surface area contributed by atoms with E-state index in [4.69, 9.17) is 25.8 Å². The monoisotopic (exact) mass is 709 g/mol. The third-order valence-electron chi connectivity index (χ3n) is 8.53. The zero-order valence-corrected chi connectivity index (χ0v) is 29.2. The van der Waals surface area contributed by atoms with Crippen molar-refractivity contribution >= 4 is 23.6 Å². The summed E-state index contributed by atoms with van der Waals surface area (Å²) in [5, 5.41) is 0.405. The van der Waals surface area contributed by atoms with E-state index in [-0.39, 0.29) is 24.1 Å². The van der Waals surface area contributed by atoms with Crippen LogP contribution in [-0.2, 0) is 24.6 Å². The van der Waals surface area contributed by atoms with E-state index in [1.165, 1.54) is 35.9 Å². The van der Waals surface area contributed by atoms with Crippen LogP contribution in [0.2, 0.25) is 5.02 Å². The van der Waals surface area contributed by atoms with Gasteiger partial charge in [-0.25, -0.2) is 13.8 Å². The van der Waals surface area contributed by atoms with Crippen LogP contribution in [-0.4, -0.2) is 46.9 Å². The zero-order valence-electron chi connectivity index (χ0n) is 28.5. The standard InChI is InChI=1S/C41H38ClF2N3O4/c1-28-3-5-30(6-4-28)26-49-36-14-15-39(45-24-36)51-41-29(2)21-31(22-37(41)42)8-16-40(48)47-19-17-46(18-20-47)25-32-7-9-33(38(44)23-32)27-50-35-12-10-34(43)11-13-35/h3-16,21-24H,17-20,25-27H2,1-2H3/b16-8+. The molecule has 51 heavy (non-hydrogen) atoms. The van der Waals surface area contributed by atoms with Gasteiger partial charge in [0.15, 0.2) is 5.75 Å². The topological polar surface area (TPSA) is 64.1 Å². The van der Waals surface area contributed by atoms with Crippen LogP contribution in [0.15, 0.2) is 103 Å². The minimum absolute atomic E-state index is 0.0494. The number of amides is 1. The van der Waals surface area contributed by atoms with Gasteiger partial charge in [-0.1, -0.05) is 53.6 Å². The second-order valence-corrected chi connectivity index (χ2v) is 12.9. The maximum absolute atomic E-state index is 14.8. The number of nitrogens with zero attached hydrogens (tertiary/aromatic N) is 3. The predicted molar refractivity (Wildman–Crippen MR) is 194 cm³/mol. The summed E-state index contributed by atoms with van der Waals surface area (Å²) < 4.78 is 45.3. The molecule has 6 rings (SSSR count). The first-order valence-corrected chi connectivity index (χ1v) is 17.0. The maximum atomic E-state index is 14.8. The Morgan fingerprint density at radius 1 is 0.824 bits per heavy atom. The molecule has 1 aromatic heterocycles. The Labute approximate surface area is 301 Å². The van der Waals surface area contributed by atoms with Gasteiger partial charge in [-0.2, -0.15) is 0 Å². The van der Waals surface area contributed by atoms with Crippen LogP contribution in [0.4, 0.5) is 8.78 Å². The first kappa shape index (κ1) is 35.6. The summed E-state index contributed by atoms with van der Waals surface area (Å²) in [6.07, 6.45) is 4.92. The Hall–Kier alpha value is -5.25. The largest absolute Gasteiger partial charge is 0.489 e. The SMILES string of the molecule is Cc1ccc(COc2ccc(Oc3c(C)cc(/C=C/C(=O)N4CCN(Cc5ccc(COc6ccc(F)cc6)c(F)c5)CC4)cc3Cl)nc2)cc1. The van der Waals surface area contributed by atoms with Gasteiger partial charge in [-0.15, -0.1) is 0 Å². The molecule has 0 saturated carbocycles. The van der Waals surface area contributed by atoms with E-state index >= 15 is 0 Å². The molecule has 2 heterocycles. The summed E-state index contributed by atoms with van der Waals surface area (Å²) in [6, 6.07) is 26.1. The number of halogens is 3. The number of carbonyl (C=O) groups is 1. The number of hydrogen-bond acceptors (Lipinski definition) is 6. The van der Waals surface area contributed by atoms with Gasteiger partial charge in [0, 0.05) is 50.4 Å². The van der Waals surface area contributed by atoms with Gasteiger partial charge in [-0.05, 0) is 90.7 Å². The van der Waals surface area contributed by atoms with Crippen molar-refractivity contribution in [1.29, 1.82) is 0 Å². The molecule has 1 aliphatic heterocycles. The van der Waals surface area contributed by atoms with Crippen molar-refractivity contribution in [3.05, 3.63) is 153 Å². The highest BCUT2D eigenvalue weighted by atomic mass is 35.5. The molecule has 1 aliphatic rings. The normalized spacial score (nSPS) is 13.4. The van der Waals surface area contributed by atoms with Crippen LogP contribution in [0, 0.1) is 25.5 Å². The number of carbonyl (C=O) groups excluding carboxylic acids is 1. The van der Waals surface area contributed by atoms with E-state index in [9.17, 15) is 13.6 Å². The van der Waals surface area contributed by atoms with E-state index in [2.05, 4.69) is 9.88 Å². The summed E-state index contributed by atoms with van der Waals surface area (Å²) in [4.78, 5) is 21.4. The Morgan fingerprint density at radius 3 is 2.22 bits per heavy atom. The fourth-order valence-electron chi connectivity index (χ4n) is 5.61. The number of aryl methyl sites for hydroxylation is 2. The molecule has 1 fully saturated rings. The number of pyridine rings is 1. The van der Waals surface area contributed by atoms with Gasteiger partial charge >= 0.3 is 0 Å². The number of rotatable bonds is 12. The fraction of sp³-hybridized carbons (Fsp3) is 0.220. The lowest BCUT2D eigenvalue weighted by atomic mass is 10.1. The van der Waals surface area contributed by atoms with Gasteiger partial charge in [0.2, 0.25) is 11.8 Å². The molecule has 0 unspecified atom stereocenters. The number of piperazine rings is 1. The predicted octanol–water partition coefficient (Wildman–Crippen LogP) is 8.94. The molecule has 7 nitrogen and oxygen atoms in total. The minimum atomic E-state index is -0.355. The van der Waals surface area contributed by atoms with Crippen molar-refractivity contribution in [1.82, 2.24) is 14.8 Å². The summed E-state index contributed by atoms with van der Waals surface area (Å²) in [5.74, 6) is 1.18. The number of aromatic nitrogens is 1. The van der Waals surface area contributed by atoms with Crippen molar-refractivity contribution in [2.45, 2.75) is 33.6 Å².